The summed E-state index contributed by atoms with van der Waals surface area (Å²) in [6.45, 7) is 1.91. The highest BCUT2D eigenvalue weighted by atomic mass is 32.2. The van der Waals surface area contributed by atoms with Gasteiger partial charge in [-0.25, -0.2) is 8.42 Å². The Hall–Kier alpha value is -1.96. The average Bonchev–Trinajstić information content (AvgIpc) is 3.27. The second-order valence-electron chi connectivity index (χ2n) is 8.57. The molecule has 3 atom stereocenters. The van der Waals surface area contributed by atoms with Gasteiger partial charge in [-0.2, -0.15) is 9.57 Å². The number of amides is 1. The topological polar surface area (TPSA) is 120 Å². The van der Waals surface area contributed by atoms with Crippen molar-refractivity contribution in [3.63, 3.8) is 0 Å². The zero-order valence-corrected chi connectivity index (χ0v) is 17.4. The highest BCUT2D eigenvalue weighted by Gasteiger charge is 2.47. The van der Waals surface area contributed by atoms with Crippen LogP contribution in [0.4, 0.5) is 0 Å². The number of nitrogens with one attached hydrogen (secondary N) is 1. The number of nitriles is 1. The van der Waals surface area contributed by atoms with Crippen LogP contribution in [0.25, 0.3) is 0 Å². The van der Waals surface area contributed by atoms with Crippen molar-refractivity contribution in [1.82, 2.24) is 19.7 Å². The fraction of sp³-hybridized carbons (Fsp3) is 0.737. The van der Waals surface area contributed by atoms with Gasteiger partial charge in [0.2, 0.25) is 15.8 Å². The van der Waals surface area contributed by atoms with Crippen LogP contribution in [0.3, 0.4) is 0 Å². The van der Waals surface area contributed by atoms with Crippen molar-refractivity contribution in [3.8, 4) is 6.07 Å². The Morgan fingerprint density at radius 3 is 2.52 bits per heavy atom. The summed E-state index contributed by atoms with van der Waals surface area (Å²) < 4.78 is 32.8. The number of aromatic nitrogens is 1. The molecule has 1 N–H and O–H groups in total. The molecule has 1 aromatic heterocycles. The first-order valence-corrected chi connectivity index (χ1v) is 11.8. The average molecular weight is 422 g/mol. The quantitative estimate of drug-likeness (QED) is 0.751. The number of sulfonamides is 1. The van der Waals surface area contributed by atoms with Crippen molar-refractivity contribution in [1.29, 1.82) is 5.26 Å². The van der Waals surface area contributed by atoms with Gasteiger partial charge in [0.1, 0.15) is 6.07 Å². The van der Waals surface area contributed by atoms with Crippen LogP contribution in [-0.4, -0.2) is 72.7 Å². The van der Waals surface area contributed by atoms with E-state index in [9.17, 15) is 13.2 Å². The van der Waals surface area contributed by atoms with Gasteiger partial charge in [-0.15, -0.1) is 0 Å². The van der Waals surface area contributed by atoms with Crippen LogP contribution in [0, 0.1) is 17.2 Å². The number of carbonyl (C=O) groups is 1. The normalized spacial score (nSPS) is 28.9. The summed E-state index contributed by atoms with van der Waals surface area (Å²) in [6, 6.07) is 2.91. The number of hydrogen-bond acceptors (Lipinski definition) is 7. The lowest BCUT2D eigenvalue weighted by atomic mass is 9.99. The molecule has 10 heteroatoms. The van der Waals surface area contributed by atoms with Crippen LogP contribution in [-0.2, 0) is 10.0 Å². The summed E-state index contributed by atoms with van der Waals surface area (Å²) in [5.74, 6) is 0.0719. The summed E-state index contributed by atoms with van der Waals surface area (Å²) >= 11 is 0. The van der Waals surface area contributed by atoms with E-state index in [1.807, 2.05) is 0 Å². The van der Waals surface area contributed by atoms with Crippen molar-refractivity contribution >= 4 is 15.9 Å². The smallest absolute Gasteiger partial charge is 0.273 e. The molecule has 158 valence electrons. The molecule has 4 heterocycles. The molecule has 0 aliphatic carbocycles. The molecule has 3 fully saturated rings. The molecule has 3 aliphatic heterocycles. The second-order valence-corrected chi connectivity index (χ2v) is 10.5. The summed E-state index contributed by atoms with van der Waals surface area (Å²) in [5.41, 5.74) is 0.0752. The van der Waals surface area contributed by atoms with Crippen molar-refractivity contribution in [2.75, 3.05) is 25.9 Å². The largest absolute Gasteiger partial charge is 0.348 e. The minimum Gasteiger partial charge on any atom is -0.348 e. The van der Waals surface area contributed by atoms with Gasteiger partial charge in [-0.1, -0.05) is 5.16 Å². The van der Waals surface area contributed by atoms with Crippen molar-refractivity contribution in [3.05, 3.63) is 17.5 Å². The summed E-state index contributed by atoms with van der Waals surface area (Å²) in [4.78, 5) is 14.6. The lowest BCUT2D eigenvalue weighted by molar-refractivity contribution is 0.0900. The van der Waals surface area contributed by atoms with Gasteiger partial charge in [-0.05, 0) is 64.6 Å². The first-order valence-electron chi connectivity index (χ1n) is 10.2. The standard InChI is InChI=1S/C19H27N5O4S/c1-23-6-4-13(5-7-23)12-29(26,27)24-15-2-3-16(24)9-14(8-15)21-19(25)18-10-17(11-20)28-22-18/h10,13-16H,2-9,12H2,1H3,(H,21,25)/t14?,15-,16+. The van der Waals surface area contributed by atoms with Gasteiger partial charge in [0.05, 0.1) is 5.75 Å². The molecule has 3 saturated heterocycles. The number of rotatable bonds is 5. The first kappa shape index (κ1) is 20.3. The molecule has 4 rings (SSSR count). The summed E-state index contributed by atoms with van der Waals surface area (Å²) in [5, 5.41) is 15.3. The number of hydrogen-bond donors (Lipinski definition) is 1. The van der Waals surface area contributed by atoms with Crippen molar-refractivity contribution in [2.45, 2.75) is 56.7 Å². The monoisotopic (exact) mass is 421 g/mol. The first-order chi connectivity index (χ1) is 13.9. The molecular formula is C19H27N5O4S. The Labute approximate surface area is 171 Å². The minimum atomic E-state index is -3.30. The van der Waals surface area contributed by atoms with E-state index in [0.29, 0.717) is 12.8 Å². The lowest BCUT2D eigenvalue weighted by Gasteiger charge is -2.39. The molecular weight excluding hydrogens is 394 g/mol. The molecule has 0 radical (unpaired) electrons. The van der Waals surface area contributed by atoms with Crippen LogP contribution < -0.4 is 5.32 Å². The minimum absolute atomic E-state index is 0.00922. The van der Waals surface area contributed by atoms with E-state index in [-0.39, 0.29) is 47.2 Å². The molecule has 1 aromatic rings. The molecule has 2 bridgehead atoms. The van der Waals surface area contributed by atoms with Gasteiger partial charge >= 0.3 is 0 Å². The molecule has 29 heavy (non-hydrogen) atoms. The van der Waals surface area contributed by atoms with E-state index in [0.717, 1.165) is 38.8 Å². The molecule has 0 aromatic carbocycles. The van der Waals surface area contributed by atoms with Crippen LogP contribution >= 0.6 is 0 Å². The third-order valence-corrected chi connectivity index (χ3v) is 8.59. The molecule has 1 amide bonds. The second kappa shape index (κ2) is 8.05. The third-order valence-electron chi connectivity index (χ3n) is 6.46. The Balaban J connectivity index is 1.37. The van der Waals surface area contributed by atoms with Crippen LogP contribution in [0.15, 0.2) is 10.6 Å². The number of piperidine rings is 2. The number of nitrogens with zero attached hydrogens (tertiary/aromatic N) is 4. The number of fused-ring (bicyclic) bond motifs is 2. The highest BCUT2D eigenvalue weighted by molar-refractivity contribution is 7.89. The van der Waals surface area contributed by atoms with Crippen molar-refractivity contribution in [2.24, 2.45) is 5.92 Å². The van der Waals surface area contributed by atoms with E-state index in [1.54, 1.807) is 10.4 Å². The summed E-state index contributed by atoms with van der Waals surface area (Å²) in [7, 11) is -1.23. The van der Waals surface area contributed by atoms with Crippen LogP contribution in [0.1, 0.15) is 54.8 Å². The fourth-order valence-electron chi connectivity index (χ4n) is 5.01. The summed E-state index contributed by atoms with van der Waals surface area (Å²) in [6.07, 6.45) is 4.76. The fourth-order valence-corrected chi connectivity index (χ4v) is 7.41. The predicted molar refractivity (Wildman–Crippen MR) is 104 cm³/mol. The van der Waals surface area contributed by atoms with E-state index in [1.165, 1.54) is 6.07 Å². The molecule has 1 unspecified atom stereocenters. The van der Waals surface area contributed by atoms with E-state index in [4.69, 9.17) is 9.78 Å². The number of likely N-dealkylation sites (tertiary alicyclic amines) is 1. The predicted octanol–water partition coefficient (Wildman–Crippen LogP) is 0.943. The SMILES string of the molecule is CN1CCC(CS(=O)(=O)N2[C@@H]3CC[C@H]2CC(NC(=O)c2cc(C#N)on2)C3)CC1. The molecule has 3 aliphatic rings. The Morgan fingerprint density at radius 1 is 1.28 bits per heavy atom. The van der Waals surface area contributed by atoms with Gasteiger partial charge in [0.25, 0.3) is 5.91 Å². The van der Waals surface area contributed by atoms with E-state index >= 15 is 0 Å². The zero-order chi connectivity index (χ0) is 20.6. The van der Waals surface area contributed by atoms with Gasteiger partial charge in [0, 0.05) is 24.2 Å². The molecule has 0 saturated carbocycles. The Kier molecular flexibility index (Phi) is 5.64. The van der Waals surface area contributed by atoms with Crippen molar-refractivity contribution < 1.29 is 17.7 Å². The van der Waals surface area contributed by atoms with Crippen LogP contribution in [0.5, 0.6) is 0 Å². The lowest BCUT2D eigenvalue weighted by Crippen LogP contribution is -2.53. The number of carbonyl (C=O) groups excluding carboxylic acids is 1. The van der Waals surface area contributed by atoms with E-state index in [2.05, 4.69) is 22.4 Å². The molecule has 9 nitrogen and oxygen atoms in total. The van der Waals surface area contributed by atoms with E-state index < -0.39 is 10.0 Å². The maximum Gasteiger partial charge on any atom is 0.273 e. The third kappa shape index (κ3) is 4.32. The van der Waals surface area contributed by atoms with Gasteiger partial charge in [0.15, 0.2) is 5.69 Å². The highest BCUT2D eigenvalue weighted by Crippen LogP contribution is 2.39. The zero-order valence-electron chi connectivity index (χ0n) is 16.6. The Bertz CT molecular complexity index is 886. The maximum absolute atomic E-state index is 13.2. The Morgan fingerprint density at radius 2 is 1.93 bits per heavy atom. The molecule has 0 spiro atoms. The van der Waals surface area contributed by atoms with Gasteiger partial charge in [-0.3, -0.25) is 4.79 Å². The van der Waals surface area contributed by atoms with Crippen LogP contribution in [0.2, 0.25) is 0 Å². The maximum atomic E-state index is 13.2. The van der Waals surface area contributed by atoms with Gasteiger partial charge < -0.3 is 14.7 Å².